The molecule has 0 unspecified atom stereocenters. The molecule has 0 spiro atoms. The van der Waals surface area contributed by atoms with Gasteiger partial charge in [-0.3, -0.25) is 0 Å². The molecule has 0 heterocycles. The Morgan fingerprint density at radius 2 is 1.17 bits per heavy atom. The van der Waals surface area contributed by atoms with E-state index in [1.807, 2.05) is 0 Å². The van der Waals surface area contributed by atoms with Gasteiger partial charge in [0.25, 0.3) is 0 Å². The Labute approximate surface area is 80.4 Å². The molecule has 28 valence electrons. The first kappa shape index (κ1) is 15.7. The first-order chi connectivity index (χ1) is 1.73. The van der Waals surface area contributed by atoms with Crippen molar-refractivity contribution in [1.29, 1.82) is 0 Å². The Bertz CT molecular complexity index is 34.5. The van der Waals surface area contributed by atoms with Gasteiger partial charge >= 0.3 is 65.1 Å². The van der Waals surface area contributed by atoms with Gasteiger partial charge in [0.2, 0.25) is 0 Å². The molecule has 0 aliphatic carbocycles. The summed E-state index contributed by atoms with van der Waals surface area (Å²) in [6.07, 6.45) is 0. The van der Waals surface area contributed by atoms with Crippen LogP contribution in [0.3, 0.4) is 0 Å². The van der Waals surface area contributed by atoms with Gasteiger partial charge in [0.15, 0.2) is 0 Å². The summed E-state index contributed by atoms with van der Waals surface area (Å²) < 4.78 is 0. The standard InChI is InChI=1S/CH4N2O.2Na.2H/c2-1(3)4;;;;/h(H4,2,3,4);;;;. The molecule has 0 bridgehead atoms. The first-order valence-electron chi connectivity index (χ1n) is 0.781. The normalized spacial score (nSPS) is 4.00. The number of nitrogens with two attached hydrogens (primary N) is 2. The van der Waals surface area contributed by atoms with Crippen LogP contribution in [-0.4, -0.2) is 65.1 Å². The predicted octanol–water partition coefficient (Wildman–Crippen LogP) is -2.27. The Morgan fingerprint density at radius 3 is 1.17 bits per heavy atom. The van der Waals surface area contributed by atoms with E-state index in [0.29, 0.717) is 0 Å². The van der Waals surface area contributed by atoms with Crippen LogP contribution in [0.15, 0.2) is 0 Å². The van der Waals surface area contributed by atoms with Crippen molar-refractivity contribution in [3.63, 3.8) is 0 Å². The minimum absolute atomic E-state index is 0. The SMILES string of the molecule is NC(N)=O.[NaH].[NaH]. The molecule has 0 aromatic heterocycles. The molecule has 0 rings (SSSR count). The van der Waals surface area contributed by atoms with Crippen molar-refractivity contribution in [2.75, 3.05) is 0 Å². The molecule has 0 aliphatic heterocycles. The van der Waals surface area contributed by atoms with Crippen LogP contribution in [0, 0.1) is 0 Å². The Kier molecular flexibility index (Phi) is 25.0. The molecular formula is CH6N2Na2O. The molecule has 0 aromatic carbocycles. The third kappa shape index (κ3) is 59.6. The molecule has 0 fully saturated rings. The summed E-state index contributed by atoms with van der Waals surface area (Å²) in [5.74, 6) is 0. The molecule has 6 heavy (non-hydrogen) atoms. The van der Waals surface area contributed by atoms with Crippen LogP contribution < -0.4 is 11.5 Å². The fourth-order valence-electron chi connectivity index (χ4n) is 0. The molecule has 0 radical (unpaired) electrons. The van der Waals surface area contributed by atoms with Crippen molar-refractivity contribution in [1.82, 2.24) is 0 Å². The van der Waals surface area contributed by atoms with Gasteiger partial charge in [0.05, 0.1) is 0 Å². The van der Waals surface area contributed by atoms with Crippen molar-refractivity contribution in [2.45, 2.75) is 0 Å². The average Bonchev–Trinajstić information content (AvgIpc) is 0.811. The van der Waals surface area contributed by atoms with Crippen LogP contribution in [0.25, 0.3) is 0 Å². The van der Waals surface area contributed by atoms with Crippen LogP contribution in [0.2, 0.25) is 0 Å². The zero-order chi connectivity index (χ0) is 3.58. The van der Waals surface area contributed by atoms with Gasteiger partial charge in [0, 0.05) is 0 Å². The Hall–Kier alpha value is 1.27. The molecule has 0 saturated heterocycles. The van der Waals surface area contributed by atoms with Crippen molar-refractivity contribution < 1.29 is 4.79 Å². The second-order valence-electron chi connectivity index (χ2n) is 0.402. The number of carbonyl (C=O) groups excluding carboxylic acids is 1. The molecule has 2 amide bonds. The molecule has 0 atom stereocenters. The molecule has 4 N–H and O–H groups in total. The van der Waals surface area contributed by atoms with E-state index in [1.54, 1.807) is 0 Å². The zero-order valence-corrected chi connectivity index (χ0v) is 2.06. The van der Waals surface area contributed by atoms with Gasteiger partial charge in [-0.2, -0.15) is 0 Å². The van der Waals surface area contributed by atoms with E-state index in [2.05, 4.69) is 11.5 Å². The number of urea groups is 1. The summed E-state index contributed by atoms with van der Waals surface area (Å²) in [5.41, 5.74) is 8.50. The molecule has 5 heteroatoms. The molecule has 3 nitrogen and oxygen atoms in total. The predicted molar refractivity (Wildman–Crippen MR) is 28.1 cm³/mol. The van der Waals surface area contributed by atoms with E-state index >= 15 is 0 Å². The zero-order valence-electron chi connectivity index (χ0n) is 2.06. The Morgan fingerprint density at radius 1 is 1.17 bits per heavy atom. The number of hydrogen-bond acceptors (Lipinski definition) is 1. The number of rotatable bonds is 0. The van der Waals surface area contributed by atoms with Crippen LogP contribution >= 0.6 is 0 Å². The van der Waals surface area contributed by atoms with Crippen molar-refractivity contribution in [2.24, 2.45) is 11.5 Å². The molecule has 0 saturated carbocycles. The van der Waals surface area contributed by atoms with Crippen molar-refractivity contribution in [3.05, 3.63) is 0 Å². The van der Waals surface area contributed by atoms with E-state index in [-0.39, 0.29) is 59.1 Å². The van der Waals surface area contributed by atoms with E-state index in [1.165, 1.54) is 0 Å². The molecule has 0 aliphatic rings. The van der Waals surface area contributed by atoms with Crippen LogP contribution in [0.1, 0.15) is 0 Å². The summed E-state index contributed by atoms with van der Waals surface area (Å²) in [6.45, 7) is 0. The fraction of sp³-hybridized carbons (Fsp3) is 0. The average molecular weight is 108 g/mol. The summed E-state index contributed by atoms with van der Waals surface area (Å²) in [6, 6.07) is -0.833. The first-order valence-corrected chi connectivity index (χ1v) is 0.781. The number of primary amides is 2. The van der Waals surface area contributed by atoms with E-state index in [0.717, 1.165) is 0 Å². The van der Waals surface area contributed by atoms with Crippen LogP contribution in [0.5, 0.6) is 0 Å². The summed E-state index contributed by atoms with van der Waals surface area (Å²) >= 11 is 0. The summed E-state index contributed by atoms with van der Waals surface area (Å²) in [7, 11) is 0. The van der Waals surface area contributed by atoms with Gasteiger partial charge in [-0.05, 0) is 0 Å². The fourth-order valence-corrected chi connectivity index (χ4v) is 0. The van der Waals surface area contributed by atoms with Crippen LogP contribution in [0.4, 0.5) is 4.79 Å². The number of hydrogen-bond donors (Lipinski definition) is 2. The van der Waals surface area contributed by atoms with Gasteiger partial charge < -0.3 is 11.5 Å². The van der Waals surface area contributed by atoms with Gasteiger partial charge in [-0.15, -0.1) is 0 Å². The van der Waals surface area contributed by atoms with E-state index < -0.39 is 6.03 Å². The maximum atomic E-state index is 9.00. The second kappa shape index (κ2) is 9.55. The van der Waals surface area contributed by atoms with E-state index in [9.17, 15) is 0 Å². The number of carbonyl (C=O) groups is 1. The Balaban J connectivity index is -0.0000000450. The molecular weight excluding hydrogens is 102 g/mol. The van der Waals surface area contributed by atoms with Gasteiger partial charge in [0.1, 0.15) is 0 Å². The van der Waals surface area contributed by atoms with Gasteiger partial charge in [-0.25, -0.2) is 4.79 Å². The third-order valence-electron chi connectivity index (χ3n) is 0. The second-order valence-corrected chi connectivity index (χ2v) is 0.402. The van der Waals surface area contributed by atoms with Crippen molar-refractivity contribution in [3.8, 4) is 0 Å². The topological polar surface area (TPSA) is 69.1 Å². The summed E-state index contributed by atoms with van der Waals surface area (Å²) in [5, 5.41) is 0. The van der Waals surface area contributed by atoms with Crippen LogP contribution in [-0.2, 0) is 0 Å². The van der Waals surface area contributed by atoms with Gasteiger partial charge in [-0.1, -0.05) is 0 Å². The minimum atomic E-state index is -0.833. The summed E-state index contributed by atoms with van der Waals surface area (Å²) in [4.78, 5) is 9.00. The quantitative estimate of drug-likeness (QED) is 0.337. The number of amides is 2. The monoisotopic (exact) mass is 108 g/mol. The van der Waals surface area contributed by atoms with E-state index in [4.69, 9.17) is 4.79 Å². The maximum absolute atomic E-state index is 9.00. The molecule has 0 aromatic rings. The van der Waals surface area contributed by atoms with Crippen molar-refractivity contribution >= 4 is 65.1 Å². The third-order valence-corrected chi connectivity index (χ3v) is 0.